The molecular formula is C17H16BrN3O3S. The molecular weight excluding hydrogens is 406 g/mol. The van der Waals surface area contributed by atoms with Gasteiger partial charge in [-0.3, -0.25) is 9.59 Å². The van der Waals surface area contributed by atoms with Crippen LogP contribution in [0, 0.1) is 0 Å². The van der Waals surface area contributed by atoms with Gasteiger partial charge in [-0.1, -0.05) is 11.8 Å². The number of nitrogens with one attached hydrogen (secondary N) is 1. The molecule has 1 amide bonds. The minimum absolute atomic E-state index is 0. The molecule has 1 aromatic heterocycles. The molecule has 0 radical (unpaired) electrons. The zero-order chi connectivity index (χ0) is 16.9. The summed E-state index contributed by atoms with van der Waals surface area (Å²) >= 11 is 1.39. The number of hydrogen-bond acceptors (Lipinski definition) is 5. The average molecular weight is 422 g/mol. The zero-order valence-electron chi connectivity index (χ0n) is 13.4. The summed E-state index contributed by atoms with van der Waals surface area (Å²) in [6.45, 7) is 0.253. The van der Waals surface area contributed by atoms with Crippen LogP contribution in [0.25, 0.3) is 0 Å². The predicted octanol–water partition coefficient (Wildman–Crippen LogP) is -1.61. The Bertz CT molecular complexity index is 792. The highest BCUT2D eigenvalue weighted by atomic mass is 79.9. The van der Waals surface area contributed by atoms with Crippen molar-refractivity contribution in [3.8, 4) is 5.75 Å². The van der Waals surface area contributed by atoms with E-state index in [1.165, 1.54) is 11.8 Å². The topological polar surface area (TPSA) is 71.6 Å². The van der Waals surface area contributed by atoms with Crippen molar-refractivity contribution in [2.24, 2.45) is 5.10 Å². The number of Topliss-reactive ketones (excluding diaryl/α,β-unsaturated/α-hetero) is 1. The maximum absolute atomic E-state index is 12.3. The van der Waals surface area contributed by atoms with Crippen molar-refractivity contribution < 1.29 is 35.9 Å². The van der Waals surface area contributed by atoms with Gasteiger partial charge in [0.1, 0.15) is 10.8 Å². The van der Waals surface area contributed by atoms with Gasteiger partial charge in [-0.25, -0.2) is 5.43 Å². The van der Waals surface area contributed by atoms with Crippen LogP contribution in [0.15, 0.2) is 53.9 Å². The van der Waals surface area contributed by atoms with E-state index in [9.17, 15) is 9.59 Å². The number of carbonyl (C=O) groups excluding carboxylic acids is 2. The molecule has 1 aliphatic heterocycles. The molecule has 2 heterocycles. The van der Waals surface area contributed by atoms with Crippen molar-refractivity contribution in [1.82, 2.24) is 5.43 Å². The van der Waals surface area contributed by atoms with E-state index >= 15 is 0 Å². The number of ether oxygens (including phenoxy) is 1. The molecule has 1 N–H and O–H groups in total. The number of hydrazone groups is 1. The van der Waals surface area contributed by atoms with Crippen molar-refractivity contribution >= 4 is 28.5 Å². The molecule has 6 nitrogen and oxygen atoms in total. The normalized spacial score (nSPS) is 13.3. The summed E-state index contributed by atoms with van der Waals surface area (Å²) in [7, 11) is 1.59. The minimum atomic E-state index is -0.0974. The number of aromatic nitrogens is 1. The zero-order valence-corrected chi connectivity index (χ0v) is 15.8. The summed E-state index contributed by atoms with van der Waals surface area (Å²) < 4.78 is 6.90. The first-order chi connectivity index (χ1) is 11.7. The number of nitrogens with zero attached hydrogens (tertiary/aromatic N) is 2. The molecule has 1 aliphatic rings. The van der Waals surface area contributed by atoms with E-state index in [1.807, 2.05) is 29.1 Å². The molecule has 0 spiro atoms. The first-order valence-electron chi connectivity index (χ1n) is 7.32. The van der Waals surface area contributed by atoms with Gasteiger partial charge in [-0.05, 0) is 24.3 Å². The van der Waals surface area contributed by atoms with E-state index in [0.717, 1.165) is 16.4 Å². The summed E-state index contributed by atoms with van der Waals surface area (Å²) in [5, 5.41) is 4.79. The van der Waals surface area contributed by atoms with E-state index in [-0.39, 0.29) is 35.2 Å². The smallest absolute Gasteiger partial charge is 0.250 e. The molecule has 0 saturated heterocycles. The third-order valence-corrected chi connectivity index (χ3v) is 4.51. The number of rotatable bonds is 5. The highest BCUT2D eigenvalue weighted by molar-refractivity contribution is 8.15. The van der Waals surface area contributed by atoms with Gasteiger partial charge in [0, 0.05) is 23.3 Å². The summed E-state index contributed by atoms with van der Waals surface area (Å²) in [6.07, 6.45) is 3.66. The van der Waals surface area contributed by atoms with Gasteiger partial charge in [0.2, 0.25) is 12.3 Å². The van der Waals surface area contributed by atoms with Crippen LogP contribution in [-0.2, 0) is 11.3 Å². The Hall–Kier alpha value is -2.19. The van der Waals surface area contributed by atoms with E-state index in [1.54, 1.807) is 31.4 Å². The highest BCUT2D eigenvalue weighted by Gasteiger charge is 2.16. The number of carbonyl (C=O) groups is 2. The lowest BCUT2D eigenvalue weighted by Gasteiger charge is -2.10. The number of amides is 1. The lowest BCUT2D eigenvalue weighted by molar-refractivity contribution is -0.683. The maximum atomic E-state index is 12.3. The highest BCUT2D eigenvalue weighted by Crippen LogP contribution is 2.15. The fourth-order valence-corrected chi connectivity index (χ4v) is 2.94. The van der Waals surface area contributed by atoms with Gasteiger partial charge in [0.15, 0.2) is 12.4 Å². The van der Waals surface area contributed by atoms with Crippen molar-refractivity contribution in [2.45, 2.75) is 6.54 Å². The van der Waals surface area contributed by atoms with Crippen molar-refractivity contribution in [3.63, 3.8) is 0 Å². The van der Waals surface area contributed by atoms with Crippen LogP contribution >= 0.6 is 11.8 Å². The molecule has 2 aromatic rings. The fraction of sp³-hybridized carbons (Fsp3) is 0.176. The van der Waals surface area contributed by atoms with E-state index in [0.29, 0.717) is 11.3 Å². The Kier molecular flexibility index (Phi) is 6.72. The second-order valence-electron chi connectivity index (χ2n) is 5.15. The molecule has 130 valence electrons. The molecule has 3 rings (SSSR count). The number of thioether (sulfide) groups is 1. The van der Waals surface area contributed by atoms with Crippen LogP contribution in [0.4, 0.5) is 0 Å². The largest absolute Gasteiger partial charge is 1.00 e. The van der Waals surface area contributed by atoms with Crippen molar-refractivity contribution in [1.29, 1.82) is 0 Å². The van der Waals surface area contributed by atoms with Crippen LogP contribution in [0.1, 0.15) is 15.9 Å². The number of benzene rings is 1. The standard InChI is InChI=1S/C17H15N3O3S.BrH/c1-23-14-4-2-12(3-5-14)15(21)10-20-8-6-13(7-9-20)17-19-18-16(22)11-24-17;/h2-9H,10-11H2,1H3;1H. The van der Waals surface area contributed by atoms with Crippen LogP contribution in [-0.4, -0.2) is 29.6 Å². The fourth-order valence-electron chi connectivity index (χ4n) is 2.20. The number of ketones is 1. The van der Waals surface area contributed by atoms with Gasteiger partial charge in [0.05, 0.1) is 12.9 Å². The van der Waals surface area contributed by atoms with Crippen LogP contribution < -0.4 is 31.7 Å². The Morgan fingerprint density at radius 1 is 1.24 bits per heavy atom. The molecule has 0 bridgehead atoms. The summed E-state index contributed by atoms with van der Waals surface area (Å²) in [5.41, 5.74) is 4.02. The quantitative estimate of drug-likeness (QED) is 0.465. The van der Waals surface area contributed by atoms with Gasteiger partial charge in [-0.15, -0.1) is 0 Å². The summed E-state index contributed by atoms with van der Waals surface area (Å²) in [5.74, 6) is 1.01. The van der Waals surface area contributed by atoms with Gasteiger partial charge in [0.25, 0.3) is 5.91 Å². The molecule has 0 atom stereocenters. The van der Waals surface area contributed by atoms with E-state index in [2.05, 4.69) is 10.5 Å². The van der Waals surface area contributed by atoms with Gasteiger partial charge in [-0.2, -0.15) is 9.67 Å². The first-order valence-corrected chi connectivity index (χ1v) is 8.30. The molecule has 1 aromatic carbocycles. The third kappa shape index (κ3) is 4.90. The minimum Gasteiger partial charge on any atom is -1.00 e. The van der Waals surface area contributed by atoms with Gasteiger partial charge < -0.3 is 21.7 Å². The Labute approximate surface area is 160 Å². The Morgan fingerprint density at radius 2 is 1.92 bits per heavy atom. The average Bonchev–Trinajstić information content (AvgIpc) is 2.63. The van der Waals surface area contributed by atoms with Crippen LogP contribution in [0.5, 0.6) is 5.75 Å². The number of halogens is 1. The number of pyridine rings is 1. The van der Waals surface area contributed by atoms with E-state index < -0.39 is 0 Å². The predicted molar refractivity (Wildman–Crippen MR) is 91.1 cm³/mol. The maximum Gasteiger partial charge on any atom is 0.250 e. The number of methoxy groups -OCH3 is 1. The lowest BCUT2D eigenvalue weighted by Crippen LogP contribution is -3.00. The van der Waals surface area contributed by atoms with E-state index in [4.69, 9.17) is 4.74 Å². The SMILES string of the molecule is COc1ccc(C(=O)C[n+]2ccc(C3=NNC(=O)CS3)cc2)cc1.[Br-]. The monoisotopic (exact) mass is 421 g/mol. The lowest BCUT2D eigenvalue weighted by atomic mass is 10.1. The van der Waals surface area contributed by atoms with Crippen LogP contribution in [0.2, 0.25) is 0 Å². The second-order valence-corrected chi connectivity index (χ2v) is 6.12. The van der Waals surface area contributed by atoms with Gasteiger partial charge >= 0.3 is 0 Å². The number of hydrogen-bond donors (Lipinski definition) is 1. The first kappa shape index (κ1) is 19.1. The Balaban J connectivity index is 0.00000225. The molecule has 8 heteroatoms. The van der Waals surface area contributed by atoms with Crippen molar-refractivity contribution in [2.75, 3.05) is 12.9 Å². The Morgan fingerprint density at radius 3 is 2.48 bits per heavy atom. The molecule has 0 saturated carbocycles. The van der Waals surface area contributed by atoms with Crippen molar-refractivity contribution in [3.05, 3.63) is 59.9 Å². The van der Waals surface area contributed by atoms with Crippen LogP contribution in [0.3, 0.4) is 0 Å². The summed E-state index contributed by atoms with van der Waals surface area (Å²) in [6, 6.07) is 10.8. The molecule has 0 fully saturated rings. The third-order valence-electron chi connectivity index (χ3n) is 3.50. The molecule has 25 heavy (non-hydrogen) atoms. The molecule has 0 unspecified atom stereocenters. The molecule has 0 aliphatic carbocycles. The summed E-state index contributed by atoms with van der Waals surface area (Å²) in [4.78, 5) is 23.4. The second kappa shape index (κ2) is 8.77.